The van der Waals surface area contributed by atoms with E-state index < -0.39 is 0 Å². The van der Waals surface area contributed by atoms with Gasteiger partial charge in [0, 0.05) is 31.9 Å². The molecule has 1 amide bonds. The number of nitrogens with zero attached hydrogens (tertiary/aromatic N) is 2. The first-order valence-corrected chi connectivity index (χ1v) is 10.1. The van der Waals surface area contributed by atoms with Gasteiger partial charge in [-0.1, -0.05) is 12.1 Å². The highest BCUT2D eigenvalue weighted by atomic mass is 16.3. The number of rotatable bonds is 6. The van der Waals surface area contributed by atoms with Crippen LogP contribution >= 0.6 is 0 Å². The third-order valence-electron chi connectivity index (χ3n) is 5.68. The molecule has 2 aromatic rings. The van der Waals surface area contributed by atoms with Crippen LogP contribution in [0.3, 0.4) is 0 Å². The summed E-state index contributed by atoms with van der Waals surface area (Å²) in [6, 6.07) is 12.5. The minimum atomic E-state index is 0.0653. The minimum Gasteiger partial charge on any atom is -0.468 e. The molecule has 1 aromatic heterocycles. The van der Waals surface area contributed by atoms with Crippen LogP contribution < -0.4 is 10.2 Å². The highest BCUT2D eigenvalue weighted by Gasteiger charge is 2.26. The lowest BCUT2D eigenvalue weighted by molar-refractivity contribution is -0.127. The predicted octanol–water partition coefficient (Wildman–Crippen LogP) is 3.41. The number of anilines is 1. The topological polar surface area (TPSA) is 48.7 Å². The highest BCUT2D eigenvalue weighted by Crippen LogP contribution is 2.22. The molecule has 4 rings (SSSR count). The molecule has 1 N–H and O–H groups in total. The Morgan fingerprint density at radius 3 is 2.81 bits per heavy atom. The second kappa shape index (κ2) is 8.61. The fourth-order valence-corrected chi connectivity index (χ4v) is 4.21. The summed E-state index contributed by atoms with van der Waals surface area (Å²) >= 11 is 0. The molecule has 0 saturated carbocycles. The molecule has 2 saturated heterocycles. The first kappa shape index (κ1) is 18.1. The van der Waals surface area contributed by atoms with Crippen molar-refractivity contribution < 1.29 is 9.21 Å². The molecule has 5 nitrogen and oxygen atoms in total. The SMILES string of the molecule is O=C(NCc1cccc(N2CCCC2)c1)[C@@H]1CCCN(Cc2ccco2)C1. The molecule has 2 fully saturated rings. The Balaban J connectivity index is 1.29. The van der Waals surface area contributed by atoms with E-state index in [0.717, 1.165) is 51.3 Å². The van der Waals surface area contributed by atoms with Gasteiger partial charge in [-0.2, -0.15) is 0 Å². The fourth-order valence-electron chi connectivity index (χ4n) is 4.21. The number of carbonyl (C=O) groups is 1. The third kappa shape index (κ3) is 4.72. The summed E-state index contributed by atoms with van der Waals surface area (Å²) in [5, 5.41) is 3.16. The van der Waals surface area contributed by atoms with Gasteiger partial charge in [-0.3, -0.25) is 9.69 Å². The standard InChI is InChI=1S/C22H29N3O2/c26-22(19-7-4-10-24(16-19)17-21-9-5-13-27-21)23-15-18-6-3-8-20(14-18)25-11-1-2-12-25/h3,5-6,8-9,13-14,19H,1-2,4,7,10-12,15-17H2,(H,23,26)/t19-/m1/s1. The lowest BCUT2D eigenvalue weighted by atomic mass is 9.97. The van der Waals surface area contributed by atoms with Gasteiger partial charge in [0.2, 0.25) is 5.91 Å². The molecule has 3 heterocycles. The summed E-state index contributed by atoms with van der Waals surface area (Å²) in [6.07, 6.45) is 6.28. The molecule has 1 atom stereocenters. The van der Waals surface area contributed by atoms with Crippen LogP contribution in [0.25, 0.3) is 0 Å². The molecule has 0 radical (unpaired) electrons. The number of carbonyl (C=O) groups excluding carboxylic acids is 1. The van der Waals surface area contributed by atoms with Crippen molar-refractivity contribution in [3.05, 3.63) is 54.0 Å². The second-order valence-electron chi connectivity index (χ2n) is 7.74. The average molecular weight is 367 g/mol. The summed E-state index contributed by atoms with van der Waals surface area (Å²) in [6.45, 7) is 5.51. The Bertz CT molecular complexity index is 738. The monoisotopic (exact) mass is 367 g/mol. The maximum Gasteiger partial charge on any atom is 0.224 e. The fraction of sp³-hybridized carbons (Fsp3) is 0.500. The van der Waals surface area contributed by atoms with Crippen LogP contribution in [-0.4, -0.2) is 37.0 Å². The van der Waals surface area contributed by atoms with E-state index in [0.29, 0.717) is 6.54 Å². The Labute approximate surface area is 161 Å². The molecular formula is C22H29N3O2. The van der Waals surface area contributed by atoms with Crippen molar-refractivity contribution in [1.82, 2.24) is 10.2 Å². The highest BCUT2D eigenvalue weighted by molar-refractivity contribution is 5.79. The molecule has 0 spiro atoms. The number of hydrogen-bond acceptors (Lipinski definition) is 4. The van der Waals surface area contributed by atoms with Gasteiger partial charge in [-0.05, 0) is 62.1 Å². The number of hydrogen-bond donors (Lipinski definition) is 1. The van der Waals surface area contributed by atoms with Gasteiger partial charge in [0.25, 0.3) is 0 Å². The third-order valence-corrected chi connectivity index (χ3v) is 5.68. The second-order valence-corrected chi connectivity index (χ2v) is 7.74. The maximum absolute atomic E-state index is 12.7. The van der Waals surface area contributed by atoms with Crippen molar-refractivity contribution in [2.75, 3.05) is 31.1 Å². The zero-order valence-electron chi connectivity index (χ0n) is 15.9. The maximum atomic E-state index is 12.7. The van der Waals surface area contributed by atoms with Gasteiger partial charge in [0.1, 0.15) is 5.76 Å². The molecule has 5 heteroatoms. The van der Waals surface area contributed by atoms with Crippen molar-refractivity contribution in [3.63, 3.8) is 0 Å². The van der Waals surface area contributed by atoms with Crippen LogP contribution in [0.4, 0.5) is 5.69 Å². The van der Waals surface area contributed by atoms with Crippen molar-refractivity contribution in [2.45, 2.75) is 38.8 Å². The number of piperidine rings is 1. The number of benzene rings is 1. The van der Waals surface area contributed by atoms with Crippen LogP contribution in [0.2, 0.25) is 0 Å². The van der Waals surface area contributed by atoms with Crippen molar-refractivity contribution in [2.24, 2.45) is 5.92 Å². The zero-order valence-corrected chi connectivity index (χ0v) is 15.9. The van der Waals surface area contributed by atoms with Gasteiger partial charge in [-0.25, -0.2) is 0 Å². The molecule has 144 valence electrons. The average Bonchev–Trinajstić information content (AvgIpc) is 3.41. The van der Waals surface area contributed by atoms with Crippen LogP contribution in [0, 0.1) is 5.92 Å². The lowest BCUT2D eigenvalue weighted by Crippen LogP contribution is -2.42. The summed E-state index contributed by atoms with van der Waals surface area (Å²) in [4.78, 5) is 17.4. The van der Waals surface area contributed by atoms with Gasteiger partial charge < -0.3 is 14.6 Å². The Morgan fingerprint density at radius 2 is 2.00 bits per heavy atom. The molecule has 0 unspecified atom stereocenters. The van der Waals surface area contributed by atoms with E-state index in [9.17, 15) is 4.79 Å². The number of amides is 1. The van der Waals surface area contributed by atoms with Crippen LogP contribution in [0.1, 0.15) is 37.0 Å². The van der Waals surface area contributed by atoms with E-state index in [-0.39, 0.29) is 11.8 Å². The largest absolute Gasteiger partial charge is 0.468 e. The van der Waals surface area contributed by atoms with E-state index in [1.54, 1.807) is 6.26 Å². The van der Waals surface area contributed by atoms with Gasteiger partial charge >= 0.3 is 0 Å². The van der Waals surface area contributed by atoms with Crippen molar-refractivity contribution in [3.8, 4) is 0 Å². The van der Waals surface area contributed by atoms with E-state index in [1.807, 2.05) is 12.1 Å². The molecule has 2 aliphatic rings. The Morgan fingerprint density at radius 1 is 1.11 bits per heavy atom. The van der Waals surface area contributed by atoms with Crippen LogP contribution in [0.5, 0.6) is 0 Å². The zero-order chi connectivity index (χ0) is 18.5. The Kier molecular flexibility index (Phi) is 5.78. The normalized spacial score (nSPS) is 20.7. The molecule has 1 aromatic carbocycles. The molecule has 2 aliphatic heterocycles. The Hall–Kier alpha value is -2.27. The first-order valence-electron chi connectivity index (χ1n) is 10.1. The number of furan rings is 1. The van der Waals surface area contributed by atoms with Crippen LogP contribution in [0.15, 0.2) is 47.1 Å². The van der Waals surface area contributed by atoms with Crippen molar-refractivity contribution in [1.29, 1.82) is 0 Å². The van der Waals surface area contributed by atoms with E-state index in [1.165, 1.54) is 24.1 Å². The summed E-state index contributed by atoms with van der Waals surface area (Å²) in [5.41, 5.74) is 2.46. The van der Waals surface area contributed by atoms with Gasteiger partial charge in [0.05, 0.1) is 18.7 Å². The lowest BCUT2D eigenvalue weighted by Gasteiger charge is -2.31. The quantitative estimate of drug-likeness (QED) is 0.850. The van der Waals surface area contributed by atoms with Crippen molar-refractivity contribution >= 4 is 11.6 Å². The number of nitrogens with one attached hydrogen (secondary N) is 1. The smallest absolute Gasteiger partial charge is 0.224 e. The first-order chi connectivity index (χ1) is 13.3. The van der Waals surface area contributed by atoms with Crippen LogP contribution in [-0.2, 0) is 17.9 Å². The molecule has 0 aliphatic carbocycles. The van der Waals surface area contributed by atoms with Gasteiger partial charge in [-0.15, -0.1) is 0 Å². The molecule has 0 bridgehead atoms. The van der Waals surface area contributed by atoms with Gasteiger partial charge in [0.15, 0.2) is 0 Å². The molecular weight excluding hydrogens is 338 g/mol. The summed E-state index contributed by atoms with van der Waals surface area (Å²) < 4.78 is 5.44. The summed E-state index contributed by atoms with van der Waals surface area (Å²) in [7, 11) is 0. The van der Waals surface area contributed by atoms with E-state index in [4.69, 9.17) is 4.42 Å². The molecule has 27 heavy (non-hydrogen) atoms. The van der Waals surface area contributed by atoms with E-state index in [2.05, 4.69) is 39.4 Å². The van der Waals surface area contributed by atoms with E-state index >= 15 is 0 Å². The minimum absolute atomic E-state index is 0.0653. The summed E-state index contributed by atoms with van der Waals surface area (Å²) in [5.74, 6) is 1.20. The predicted molar refractivity (Wildman–Crippen MR) is 106 cm³/mol. The number of likely N-dealkylation sites (tertiary alicyclic amines) is 1.